The molecule has 0 heterocycles. The third-order valence-corrected chi connectivity index (χ3v) is 3.13. The van der Waals surface area contributed by atoms with E-state index in [0.29, 0.717) is 12.3 Å². The molecule has 0 atom stereocenters. The second-order valence-electron chi connectivity index (χ2n) is 4.63. The summed E-state index contributed by atoms with van der Waals surface area (Å²) in [7, 11) is 0. The van der Waals surface area contributed by atoms with Crippen LogP contribution in [-0.2, 0) is 12.3 Å². The highest BCUT2D eigenvalue weighted by atomic mass is 19.3. The van der Waals surface area contributed by atoms with E-state index in [1.807, 2.05) is 12.1 Å². The molecule has 0 aliphatic heterocycles. The summed E-state index contributed by atoms with van der Waals surface area (Å²) in [6.45, 7) is 4.17. The Labute approximate surface area is 89.3 Å². The van der Waals surface area contributed by atoms with Crippen molar-refractivity contribution in [3.05, 3.63) is 34.9 Å². The van der Waals surface area contributed by atoms with E-state index in [1.54, 1.807) is 6.07 Å². The average Bonchev–Trinajstić information content (AvgIpc) is 2.16. The fraction of sp³-hybridized carbons (Fsp3) is 0.538. The number of halogens is 2. The van der Waals surface area contributed by atoms with Gasteiger partial charge in [0.1, 0.15) is 0 Å². The lowest BCUT2D eigenvalue weighted by atomic mass is 9.86. The van der Waals surface area contributed by atoms with E-state index < -0.39 is 5.92 Å². The summed E-state index contributed by atoms with van der Waals surface area (Å²) < 4.78 is 27.1. The standard InChI is InChI=1S/C13H16F2/c1-9(2)10-5-6-12-11(8-10)4-3-7-13(12,14)15/h5-6,8-9H,3-4,7H2,1-2H3. The van der Waals surface area contributed by atoms with Crippen molar-refractivity contribution >= 4 is 0 Å². The topological polar surface area (TPSA) is 0 Å². The van der Waals surface area contributed by atoms with Gasteiger partial charge in [0.25, 0.3) is 5.92 Å². The number of aryl methyl sites for hydroxylation is 1. The maximum absolute atomic E-state index is 13.5. The van der Waals surface area contributed by atoms with Crippen LogP contribution in [0.2, 0.25) is 0 Å². The highest BCUT2D eigenvalue weighted by molar-refractivity contribution is 5.37. The van der Waals surface area contributed by atoms with Gasteiger partial charge in [-0.3, -0.25) is 0 Å². The minimum Gasteiger partial charge on any atom is -0.201 e. The zero-order valence-electron chi connectivity index (χ0n) is 9.19. The van der Waals surface area contributed by atoms with E-state index in [4.69, 9.17) is 0 Å². The lowest BCUT2D eigenvalue weighted by molar-refractivity contribution is -0.0216. The Bertz CT molecular complexity index is 367. The predicted octanol–water partition coefficient (Wildman–Crippen LogP) is 4.24. The fourth-order valence-corrected chi connectivity index (χ4v) is 2.17. The van der Waals surface area contributed by atoms with Gasteiger partial charge in [0, 0.05) is 12.0 Å². The van der Waals surface area contributed by atoms with Gasteiger partial charge in [-0.25, -0.2) is 8.78 Å². The van der Waals surface area contributed by atoms with Gasteiger partial charge < -0.3 is 0 Å². The van der Waals surface area contributed by atoms with Crippen LogP contribution < -0.4 is 0 Å². The van der Waals surface area contributed by atoms with Crippen molar-refractivity contribution in [3.8, 4) is 0 Å². The van der Waals surface area contributed by atoms with Crippen LogP contribution in [0.5, 0.6) is 0 Å². The van der Waals surface area contributed by atoms with Gasteiger partial charge in [0.15, 0.2) is 0 Å². The van der Waals surface area contributed by atoms with Gasteiger partial charge in [-0.05, 0) is 29.9 Å². The lowest BCUT2D eigenvalue weighted by Crippen LogP contribution is -2.21. The first-order valence-corrected chi connectivity index (χ1v) is 5.52. The quantitative estimate of drug-likeness (QED) is 0.650. The molecule has 0 bridgehead atoms. The maximum Gasteiger partial charge on any atom is 0.273 e. The summed E-state index contributed by atoms with van der Waals surface area (Å²) in [5, 5.41) is 0. The number of hydrogen-bond donors (Lipinski definition) is 0. The minimum absolute atomic E-state index is 0.00102. The molecule has 1 aliphatic carbocycles. The molecule has 0 nitrogen and oxygen atoms in total. The lowest BCUT2D eigenvalue weighted by Gasteiger charge is -2.26. The Balaban J connectivity index is 2.45. The summed E-state index contributed by atoms with van der Waals surface area (Å²) in [6.07, 6.45) is 1.40. The Morgan fingerprint density at radius 2 is 2.00 bits per heavy atom. The molecule has 0 unspecified atom stereocenters. The van der Waals surface area contributed by atoms with Crippen LogP contribution in [0.3, 0.4) is 0 Å². The van der Waals surface area contributed by atoms with Crippen molar-refractivity contribution in [3.63, 3.8) is 0 Å². The Morgan fingerprint density at radius 3 is 2.67 bits per heavy atom. The SMILES string of the molecule is CC(C)c1ccc2c(c1)CCCC2(F)F. The van der Waals surface area contributed by atoms with Crippen LogP contribution >= 0.6 is 0 Å². The number of fused-ring (bicyclic) bond motifs is 1. The third kappa shape index (κ3) is 1.90. The molecule has 2 rings (SSSR count). The molecule has 82 valence electrons. The highest BCUT2D eigenvalue weighted by Crippen LogP contribution is 2.40. The molecule has 0 saturated heterocycles. The fourth-order valence-electron chi connectivity index (χ4n) is 2.17. The second-order valence-corrected chi connectivity index (χ2v) is 4.63. The van der Waals surface area contributed by atoms with Gasteiger partial charge >= 0.3 is 0 Å². The molecule has 1 aromatic carbocycles. The second kappa shape index (κ2) is 3.58. The molecule has 0 N–H and O–H groups in total. The zero-order chi connectivity index (χ0) is 11.1. The van der Waals surface area contributed by atoms with E-state index in [9.17, 15) is 8.78 Å². The van der Waals surface area contributed by atoms with Crippen molar-refractivity contribution < 1.29 is 8.78 Å². The number of alkyl halides is 2. The van der Waals surface area contributed by atoms with Crippen molar-refractivity contribution in [2.24, 2.45) is 0 Å². The summed E-state index contributed by atoms with van der Waals surface area (Å²) in [5.74, 6) is -2.20. The Hall–Kier alpha value is -0.920. The molecule has 0 aromatic heterocycles. The van der Waals surface area contributed by atoms with Crippen LogP contribution in [0.1, 0.15) is 49.3 Å². The highest BCUT2D eigenvalue weighted by Gasteiger charge is 2.36. The molecule has 0 fully saturated rings. The van der Waals surface area contributed by atoms with Crippen molar-refractivity contribution in [1.82, 2.24) is 0 Å². The van der Waals surface area contributed by atoms with Crippen molar-refractivity contribution in [2.45, 2.75) is 45.0 Å². The number of benzene rings is 1. The van der Waals surface area contributed by atoms with Crippen LogP contribution in [0.4, 0.5) is 8.78 Å². The molecule has 0 amide bonds. The molecule has 0 saturated carbocycles. The first-order chi connectivity index (χ1) is 7.00. The Kier molecular flexibility index (Phi) is 2.53. The summed E-state index contributed by atoms with van der Waals surface area (Å²) >= 11 is 0. The number of hydrogen-bond acceptors (Lipinski definition) is 0. The summed E-state index contributed by atoms with van der Waals surface area (Å²) in [4.78, 5) is 0. The van der Waals surface area contributed by atoms with Gasteiger partial charge in [0.2, 0.25) is 0 Å². The van der Waals surface area contributed by atoms with Crippen molar-refractivity contribution in [2.75, 3.05) is 0 Å². The average molecular weight is 210 g/mol. The van der Waals surface area contributed by atoms with Gasteiger partial charge in [0.05, 0.1) is 0 Å². The van der Waals surface area contributed by atoms with E-state index in [0.717, 1.165) is 17.5 Å². The van der Waals surface area contributed by atoms with Gasteiger partial charge in [-0.1, -0.05) is 32.0 Å². The van der Waals surface area contributed by atoms with Crippen LogP contribution in [-0.4, -0.2) is 0 Å². The van der Waals surface area contributed by atoms with Crippen LogP contribution in [0, 0.1) is 0 Å². The Morgan fingerprint density at radius 1 is 1.27 bits per heavy atom. The molecule has 1 aromatic rings. The smallest absolute Gasteiger partial charge is 0.201 e. The van der Waals surface area contributed by atoms with E-state index in [1.165, 1.54) is 0 Å². The largest absolute Gasteiger partial charge is 0.273 e. The molecular weight excluding hydrogens is 194 g/mol. The first kappa shape index (κ1) is 10.6. The first-order valence-electron chi connectivity index (χ1n) is 5.52. The van der Waals surface area contributed by atoms with E-state index >= 15 is 0 Å². The molecule has 2 heteroatoms. The summed E-state index contributed by atoms with van der Waals surface area (Å²) in [5.41, 5.74) is 2.25. The minimum atomic E-state index is -2.61. The van der Waals surface area contributed by atoms with Crippen LogP contribution in [0.25, 0.3) is 0 Å². The molecule has 0 radical (unpaired) electrons. The number of rotatable bonds is 1. The van der Waals surface area contributed by atoms with Gasteiger partial charge in [-0.2, -0.15) is 0 Å². The summed E-state index contributed by atoms with van der Waals surface area (Å²) in [6, 6.07) is 5.40. The molecular formula is C13H16F2. The van der Waals surface area contributed by atoms with Crippen LogP contribution in [0.15, 0.2) is 18.2 Å². The van der Waals surface area contributed by atoms with Crippen molar-refractivity contribution in [1.29, 1.82) is 0 Å². The van der Waals surface area contributed by atoms with E-state index in [-0.39, 0.29) is 12.0 Å². The molecule has 0 spiro atoms. The van der Waals surface area contributed by atoms with E-state index in [2.05, 4.69) is 13.8 Å². The predicted molar refractivity (Wildman–Crippen MR) is 57.4 cm³/mol. The normalized spacial score (nSPS) is 19.0. The molecule has 1 aliphatic rings. The third-order valence-electron chi connectivity index (χ3n) is 3.13. The van der Waals surface area contributed by atoms with Gasteiger partial charge in [-0.15, -0.1) is 0 Å². The zero-order valence-corrected chi connectivity index (χ0v) is 9.19. The maximum atomic E-state index is 13.5. The monoisotopic (exact) mass is 210 g/mol. The molecule has 15 heavy (non-hydrogen) atoms.